The number of rotatable bonds is 4. The normalized spacial score (nSPS) is 24.9. The van der Waals surface area contributed by atoms with Crippen molar-refractivity contribution in [2.75, 3.05) is 18.4 Å². The van der Waals surface area contributed by atoms with E-state index < -0.39 is 15.8 Å². The molecule has 2 aliphatic rings. The lowest BCUT2D eigenvalue weighted by Gasteiger charge is -2.17. The summed E-state index contributed by atoms with van der Waals surface area (Å²) in [5.41, 5.74) is 0.714. The van der Waals surface area contributed by atoms with Gasteiger partial charge in [0.1, 0.15) is 5.82 Å². The highest BCUT2D eigenvalue weighted by atomic mass is 32.2. The van der Waals surface area contributed by atoms with Crippen LogP contribution in [0.3, 0.4) is 0 Å². The Labute approximate surface area is 157 Å². The predicted molar refractivity (Wildman–Crippen MR) is 97.9 cm³/mol. The van der Waals surface area contributed by atoms with Crippen LogP contribution in [0.25, 0.3) is 0 Å². The average molecular weight is 389 g/mol. The van der Waals surface area contributed by atoms with Crippen molar-refractivity contribution in [2.24, 2.45) is 11.3 Å². The monoisotopic (exact) mass is 389 g/mol. The maximum Gasteiger partial charge on any atom is 0.243 e. The summed E-state index contributed by atoms with van der Waals surface area (Å²) in [5.74, 6) is -0.860. The predicted octanol–water partition coefficient (Wildman–Crippen LogP) is 2.57. The minimum atomic E-state index is -3.77. The number of halogens is 1. The van der Waals surface area contributed by atoms with E-state index >= 15 is 0 Å². The first kappa shape index (κ1) is 18.1. The third-order valence-electron chi connectivity index (χ3n) is 5.57. The van der Waals surface area contributed by atoms with Crippen LogP contribution in [0.4, 0.5) is 10.1 Å². The third-order valence-corrected chi connectivity index (χ3v) is 7.41. The molecule has 4 rings (SSSR count). The number of aryl methyl sites for hydroxylation is 1. The molecule has 1 spiro atoms. The summed E-state index contributed by atoms with van der Waals surface area (Å²) in [7, 11) is -3.77. The molecule has 1 saturated carbocycles. The standard InChI is InChI=1S/C19H20FN3O3S/c1-13-4-5-15(9-17(13)20)27(25,26)23-8-6-19(12-23)10-16(19)18(24)22-14-3-2-7-21-11-14/h2-5,7,9,11,16H,6,8,10,12H2,1H3,(H,22,24)/t16-,19-/m0/s1. The van der Waals surface area contributed by atoms with E-state index in [4.69, 9.17) is 0 Å². The van der Waals surface area contributed by atoms with Crippen LogP contribution < -0.4 is 5.32 Å². The van der Waals surface area contributed by atoms with Crippen LogP contribution in [0, 0.1) is 24.1 Å². The molecule has 2 atom stereocenters. The Morgan fingerprint density at radius 3 is 2.89 bits per heavy atom. The van der Waals surface area contributed by atoms with Crippen molar-refractivity contribution in [2.45, 2.75) is 24.7 Å². The fourth-order valence-corrected chi connectivity index (χ4v) is 5.33. The summed E-state index contributed by atoms with van der Waals surface area (Å²) in [6.07, 6.45) is 4.49. The smallest absolute Gasteiger partial charge is 0.243 e. The summed E-state index contributed by atoms with van der Waals surface area (Å²) in [5, 5.41) is 2.83. The number of aromatic nitrogens is 1. The zero-order chi connectivity index (χ0) is 19.2. The minimum Gasteiger partial charge on any atom is -0.324 e. The lowest BCUT2D eigenvalue weighted by atomic mass is 10.0. The third kappa shape index (κ3) is 3.23. The van der Waals surface area contributed by atoms with Gasteiger partial charge < -0.3 is 5.32 Å². The van der Waals surface area contributed by atoms with Crippen molar-refractivity contribution in [1.82, 2.24) is 9.29 Å². The Kier molecular flexibility index (Phi) is 4.27. The zero-order valence-electron chi connectivity index (χ0n) is 14.9. The maximum atomic E-state index is 13.8. The Hall–Kier alpha value is -2.32. The molecule has 6 nitrogen and oxygen atoms in total. The van der Waals surface area contributed by atoms with Gasteiger partial charge in [-0.15, -0.1) is 0 Å². The Morgan fingerprint density at radius 2 is 2.19 bits per heavy atom. The van der Waals surface area contributed by atoms with Crippen molar-refractivity contribution >= 4 is 21.6 Å². The van der Waals surface area contributed by atoms with E-state index in [1.54, 1.807) is 31.5 Å². The zero-order valence-corrected chi connectivity index (χ0v) is 15.7. The first-order chi connectivity index (χ1) is 12.8. The Balaban J connectivity index is 1.46. The second-order valence-corrected chi connectivity index (χ2v) is 9.29. The van der Waals surface area contributed by atoms with Crippen molar-refractivity contribution in [3.05, 3.63) is 54.1 Å². The molecular weight excluding hydrogens is 369 g/mol. The summed E-state index contributed by atoms with van der Waals surface area (Å²) in [6.45, 7) is 2.22. The quantitative estimate of drug-likeness (QED) is 0.872. The summed E-state index contributed by atoms with van der Waals surface area (Å²) in [4.78, 5) is 16.4. The maximum absolute atomic E-state index is 13.8. The van der Waals surface area contributed by atoms with Crippen LogP contribution in [0.5, 0.6) is 0 Å². The van der Waals surface area contributed by atoms with Gasteiger partial charge in [0.2, 0.25) is 15.9 Å². The highest BCUT2D eigenvalue weighted by molar-refractivity contribution is 7.89. The summed E-state index contributed by atoms with van der Waals surface area (Å²) in [6, 6.07) is 7.46. The SMILES string of the molecule is Cc1ccc(S(=O)(=O)N2CC[C@]3(C[C@H]3C(=O)Nc3cccnc3)C2)cc1F. The molecule has 1 aromatic carbocycles. The van der Waals surface area contributed by atoms with E-state index in [1.165, 1.54) is 16.4 Å². The highest BCUT2D eigenvalue weighted by Crippen LogP contribution is 2.59. The highest BCUT2D eigenvalue weighted by Gasteiger charge is 2.62. The molecular formula is C19H20FN3O3S. The fourth-order valence-electron chi connectivity index (χ4n) is 3.78. The van der Waals surface area contributed by atoms with Gasteiger partial charge in [0.15, 0.2) is 0 Å². The molecule has 0 bridgehead atoms. The van der Waals surface area contributed by atoms with E-state index in [9.17, 15) is 17.6 Å². The van der Waals surface area contributed by atoms with Gasteiger partial charge in [0.25, 0.3) is 0 Å². The number of sulfonamides is 1. The molecule has 0 unspecified atom stereocenters. The van der Waals surface area contributed by atoms with E-state index in [0.717, 1.165) is 6.07 Å². The number of amides is 1. The number of benzene rings is 1. The molecule has 1 N–H and O–H groups in total. The minimum absolute atomic E-state index is 0.0420. The van der Waals surface area contributed by atoms with Crippen LogP contribution in [0.15, 0.2) is 47.6 Å². The number of pyridine rings is 1. The van der Waals surface area contributed by atoms with Gasteiger partial charge in [-0.3, -0.25) is 9.78 Å². The van der Waals surface area contributed by atoms with Gasteiger partial charge in [-0.1, -0.05) is 6.07 Å². The van der Waals surface area contributed by atoms with E-state index in [0.29, 0.717) is 30.6 Å². The molecule has 8 heteroatoms. The van der Waals surface area contributed by atoms with Gasteiger partial charge in [0, 0.05) is 25.2 Å². The number of hydrogen-bond donors (Lipinski definition) is 1. The topological polar surface area (TPSA) is 79.4 Å². The Morgan fingerprint density at radius 1 is 1.37 bits per heavy atom. The summed E-state index contributed by atoms with van der Waals surface area (Å²) < 4.78 is 40.8. The lowest BCUT2D eigenvalue weighted by molar-refractivity contribution is -0.118. The fraction of sp³-hybridized carbons (Fsp3) is 0.368. The van der Waals surface area contributed by atoms with Crippen molar-refractivity contribution in [3.8, 4) is 0 Å². The Bertz CT molecular complexity index is 997. The largest absolute Gasteiger partial charge is 0.324 e. The number of nitrogens with one attached hydrogen (secondary N) is 1. The van der Waals surface area contributed by atoms with E-state index in [2.05, 4.69) is 10.3 Å². The number of carbonyl (C=O) groups excluding carboxylic acids is 1. The molecule has 2 fully saturated rings. The second kappa shape index (κ2) is 6.38. The van der Waals surface area contributed by atoms with Gasteiger partial charge in [0.05, 0.1) is 16.8 Å². The van der Waals surface area contributed by atoms with Crippen LogP contribution in [0.1, 0.15) is 18.4 Å². The van der Waals surface area contributed by atoms with Gasteiger partial charge in [-0.2, -0.15) is 4.31 Å². The number of nitrogens with zero attached hydrogens (tertiary/aromatic N) is 2. The first-order valence-electron chi connectivity index (χ1n) is 8.79. The molecule has 1 aliphatic carbocycles. The van der Waals surface area contributed by atoms with Crippen LogP contribution >= 0.6 is 0 Å². The van der Waals surface area contributed by atoms with Crippen LogP contribution in [-0.4, -0.2) is 36.7 Å². The van der Waals surface area contributed by atoms with Gasteiger partial charge in [-0.25, -0.2) is 12.8 Å². The van der Waals surface area contributed by atoms with E-state index in [1.807, 2.05) is 0 Å². The lowest BCUT2D eigenvalue weighted by Crippen LogP contribution is -2.30. The average Bonchev–Trinajstić information content (AvgIpc) is 3.17. The molecule has 1 amide bonds. The van der Waals surface area contributed by atoms with Crippen molar-refractivity contribution in [1.29, 1.82) is 0 Å². The number of carbonyl (C=O) groups is 1. The molecule has 2 heterocycles. The molecule has 1 aliphatic heterocycles. The van der Waals surface area contributed by atoms with Crippen LogP contribution in [-0.2, 0) is 14.8 Å². The first-order valence-corrected chi connectivity index (χ1v) is 10.2. The van der Waals surface area contributed by atoms with Crippen molar-refractivity contribution < 1.29 is 17.6 Å². The van der Waals surface area contributed by atoms with Crippen LogP contribution in [0.2, 0.25) is 0 Å². The second-order valence-electron chi connectivity index (χ2n) is 7.35. The molecule has 2 aromatic rings. The molecule has 1 aromatic heterocycles. The van der Waals surface area contributed by atoms with Gasteiger partial charge >= 0.3 is 0 Å². The van der Waals surface area contributed by atoms with Gasteiger partial charge in [-0.05, 0) is 55.0 Å². The number of anilines is 1. The summed E-state index contributed by atoms with van der Waals surface area (Å²) >= 11 is 0. The molecule has 0 radical (unpaired) electrons. The van der Waals surface area contributed by atoms with E-state index in [-0.39, 0.29) is 28.7 Å². The van der Waals surface area contributed by atoms with Crippen molar-refractivity contribution in [3.63, 3.8) is 0 Å². The molecule has 142 valence electrons. The molecule has 27 heavy (non-hydrogen) atoms. The molecule has 1 saturated heterocycles. The number of hydrogen-bond acceptors (Lipinski definition) is 4.